The molecule has 3 aromatic rings. The average Bonchev–Trinajstić information content (AvgIpc) is 3.31. The molecule has 4 rings (SSSR count). The number of para-hydroxylation sites is 1. The minimum atomic E-state index is -0.00450. The van der Waals surface area contributed by atoms with Crippen LogP contribution in [0.25, 0.3) is 17.5 Å². The van der Waals surface area contributed by atoms with Gasteiger partial charge < -0.3 is 18.9 Å². The SMILES string of the molecule is COc1ccc(-c2noc(CN3CCN(C(=O)/C=C/c4ccccc4OC)CC3)n2)cc1. The van der Waals surface area contributed by atoms with E-state index >= 15 is 0 Å². The lowest BCUT2D eigenvalue weighted by Gasteiger charge is -2.33. The van der Waals surface area contributed by atoms with E-state index in [-0.39, 0.29) is 5.91 Å². The number of piperazine rings is 1. The first-order valence-corrected chi connectivity index (χ1v) is 10.5. The number of rotatable bonds is 7. The first-order chi connectivity index (χ1) is 15.7. The number of ether oxygens (including phenoxy) is 2. The number of carbonyl (C=O) groups is 1. The van der Waals surface area contributed by atoms with Crippen molar-refractivity contribution in [2.24, 2.45) is 0 Å². The maximum Gasteiger partial charge on any atom is 0.246 e. The average molecular weight is 434 g/mol. The lowest BCUT2D eigenvalue weighted by atomic mass is 10.2. The third-order valence-electron chi connectivity index (χ3n) is 5.40. The van der Waals surface area contributed by atoms with E-state index in [1.807, 2.05) is 53.4 Å². The predicted octanol–water partition coefficient (Wildman–Crippen LogP) is 3.11. The van der Waals surface area contributed by atoms with Gasteiger partial charge in [-0.05, 0) is 36.4 Å². The van der Waals surface area contributed by atoms with Crippen molar-refractivity contribution in [1.82, 2.24) is 19.9 Å². The van der Waals surface area contributed by atoms with Crippen molar-refractivity contribution < 1.29 is 18.8 Å². The summed E-state index contributed by atoms with van der Waals surface area (Å²) in [6, 6.07) is 15.1. The molecule has 0 atom stereocenters. The molecule has 8 heteroatoms. The van der Waals surface area contributed by atoms with Gasteiger partial charge in [0, 0.05) is 43.4 Å². The fourth-order valence-corrected chi connectivity index (χ4v) is 3.56. The highest BCUT2D eigenvalue weighted by Crippen LogP contribution is 2.21. The van der Waals surface area contributed by atoms with E-state index in [1.165, 1.54) is 0 Å². The number of amides is 1. The minimum absolute atomic E-state index is 0.00450. The molecule has 0 saturated carbocycles. The molecule has 8 nitrogen and oxygen atoms in total. The Morgan fingerprint density at radius 1 is 1.03 bits per heavy atom. The van der Waals surface area contributed by atoms with Gasteiger partial charge in [-0.3, -0.25) is 9.69 Å². The molecular formula is C24H26N4O4. The number of methoxy groups -OCH3 is 2. The van der Waals surface area contributed by atoms with Gasteiger partial charge in [0.05, 0.1) is 20.8 Å². The molecule has 0 spiro atoms. The van der Waals surface area contributed by atoms with Crippen LogP contribution in [0, 0.1) is 0 Å². The van der Waals surface area contributed by atoms with Gasteiger partial charge in [0.15, 0.2) is 0 Å². The van der Waals surface area contributed by atoms with Crippen LogP contribution >= 0.6 is 0 Å². The summed E-state index contributed by atoms with van der Waals surface area (Å²) in [5.74, 6) is 2.64. The van der Waals surface area contributed by atoms with Crippen molar-refractivity contribution in [2.75, 3.05) is 40.4 Å². The van der Waals surface area contributed by atoms with Crippen LogP contribution in [0.1, 0.15) is 11.5 Å². The maximum absolute atomic E-state index is 12.6. The second kappa shape index (κ2) is 10.1. The fourth-order valence-electron chi connectivity index (χ4n) is 3.56. The van der Waals surface area contributed by atoms with Crippen LogP contribution < -0.4 is 9.47 Å². The van der Waals surface area contributed by atoms with E-state index in [1.54, 1.807) is 26.4 Å². The zero-order valence-electron chi connectivity index (χ0n) is 18.2. The van der Waals surface area contributed by atoms with Gasteiger partial charge in [0.2, 0.25) is 17.6 Å². The van der Waals surface area contributed by atoms with Crippen LogP contribution in [-0.2, 0) is 11.3 Å². The van der Waals surface area contributed by atoms with Crippen LogP contribution in [0.5, 0.6) is 11.5 Å². The molecule has 0 unspecified atom stereocenters. The number of hydrogen-bond acceptors (Lipinski definition) is 7. The Morgan fingerprint density at radius 2 is 1.78 bits per heavy atom. The second-order valence-electron chi connectivity index (χ2n) is 7.42. The Hall–Kier alpha value is -3.65. The smallest absolute Gasteiger partial charge is 0.246 e. The molecule has 0 aliphatic carbocycles. The first kappa shape index (κ1) is 21.6. The summed E-state index contributed by atoms with van der Waals surface area (Å²) >= 11 is 0. The molecule has 1 fully saturated rings. The molecule has 0 bridgehead atoms. The van der Waals surface area contributed by atoms with Crippen molar-refractivity contribution in [3.63, 3.8) is 0 Å². The van der Waals surface area contributed by atoms with Crippen molar-refractivity contribution in [3.8, 4) is 22.9 Å². The van der Waals surface area contributed by atoms with Gasteiger partial charge in [0.25, 0.3) is 0 Å². The lowest BCUT2D eigenvalue weighted by molar-refractivity contribution is -0.127. The third-order valence-corrected chi connectivity index (χ3v) is 5.40. The molecular weight excluding hydrogens is 408 g/mol. The monoisotopic (exact) mass is 434 g/mol. The standard InChI is InChI=1S/C24H26N4O4/c1-30-20-10-7-19(8-11-20)24-25-22(32-26-24)17-27-13-15-28(16-14-27)23(29)12-9-18-5-3-4-6-21(18)31-2/h3-12H,13-17H2,1-2H3/b12-9+. The van der Waals surface area contributed by atoms with E-state index in [4.69, 9.17) is 14.0 Å². The predicted molar refractivity (Wildman–Crippen MR) is 120 cm³/mol. The van der Waals surface area contributed by atoms with Crippen LogP contribution in [-0.4, -0.2) is 66.2 Å². The topological polar surface area (TPSA) is 80.9 Å². The van der Waals surface area contributed by atoms with Crippen LogP contribution in [0.2, 0.25) is 0 Å². The number of nitrogens with zero attached hydrogens (tertiary/aromatic N) is 4. The number of carbonyl (C=O) groups excluding carboxylic acids is 1. The second-order valence-corrected chi connectivity index (χ2v) is 7.42. The van der Waals surface area contributed by atoms with Gasteiger partial charge in [0.1, 0.15) is 11.5 Å². The van der Waals surface area contributed by atoms with E-state index < -0.39 is 0 Å². The number of hydrogen-bond donors (Lipinski definition) is 0. The first-order valence-electron chi connectivity index (χ1n) is 10.5. The van der Waals surface area contributed by atoms with Crippen LogP contribution in [0.3, 0.4) is 0 Å². The summed E-state index contributed by atoms with van der Waals surface area (Å²) in [6.45, 7) is 3.34. The zero-order chi connectivity index (χ0) is 22.3. The Balaban J connectivity index is 1.29. The highest BCUT2D eigenvalue weighted by molar-refractivity contribution is 5.92. The van der Waals surface area contributed by atoms with Crippen molar-refractivity contribution >= 4 is 12.0 Å². The summed E-state index contributed by atoms with van der Waals surface area (Å²) in [6.07, 6.45) is 3.40. The van der Waals surface area contributed by atoms with Crippen molar-refractivity contribution in [2.45, 2.75) is 6.54 Å². The Bertz CT molecular complexity index is 1070. The zero-order valence-corrected chi connectivity index (χ0v) is 18.2. The Kier molecular flexibility index (Phi) is 6.81. The quantitative estimate of drug-likeness (QED) is 0.529. The van der Waals surface area contributed by atoms with Gasteiger partial charge in [-0.25, -0.2) is 0 Å². The number of benzene rings is 2. The van der Waals surface area contributed by atoms with Crippen LogP contribution in [0.4, 0.5) is 0 Å². The molecule has 2 heterocycles. The Labute approximate surface area is 187 Å². The fraction of sp³-hybridized carbons (Fsp3) is 0.292. The molecule has 1 saturated heterocycles. The molecule has 32 heavy (non-hydrogen) atoms. The molecule has 1 aliphatic heterocycles. The van der Waals surface area contributed by atoms with E-state index in [0.717, 1.165) is 35.7 Å². The molecule has 166 valence electrons. The summed E-state index contributed by atoms with van der Waals surface area (Å²) in [7, 11) is 3.25. The highest BCUT2D eigenvalue weighted by atomic mass is 16.5. The van der Waals surface area contributed by atoms with E-state index in [0.29, 0.717) is 31.3 Å². The summed E-state index contributed by atoms with van der Waals surface area (Å²) in [5, 5.41) is 4.08. The Morgan fingerprint density at radius 3 is 2.50 bits per heavy atom. The van der Waals surface area contributed by atoms with Gasteiger partial charge in [-0.15, -0.1) is 0 Å². The van der Waals surface area contributed by atoms with E-state index in [2.05, 4.69) is 15.0 Å². The van der Waals surface area contributed by atoms with E-state index in [9.17, 15) is 4.79 Å². The molecule has 2 aromatic carbocycles. The van der Waals surface area contributed by atoms with Gasteiger partial charge in [-0.1, -0.05) is 23.4 Å². The van der Waals surface area contributed by atoms with Gasteiger partial charge in [-0.2, -0.15) is 4.98 Å². The summed E-state index contributed by atoms with van der Waals surface area (Å²) in [4.78, 5) is 21.1. The number of aromatic nitrogens is 2. The van der Waals surface area contributed by atoms with Crippen LogP contribution in [0.15, 0.2) is 59.1 Å². The van der Waals surface area contributed by atoms with Gasteiger partial charge >= 0.3 is 0 Å². The van der Waals surface area contributed by atoms with Crippen molar-refractivity contribution in [1.29, 1.82) is 0 Å². The molecule has 1 amide bonds. The summed E-state index contributed by atoms with van der Waals surface area (Å²) in [5.41, 5.74) is 1.75. The normalized spacial score (nSPS) is 14.6. The largest absolute Gasteiger partial charge is 0.497 e. The molecule has 1 aromatic heterocycles. The minimum Gasteiger partial charge on any atom is -0.497 e. The van der Waals surface area contributed by atoms with Crippen molar-refractivity contribution in [3.05, 3.63) is 66.1 Å². The third kappa shape index (κ3) is 5.15. The molecule has 0 radical (unpaired) electrons. The summed E-state index contributed by atoms with van der Waals surface area (Å²) < 4.78 is 15.9. The molecule has 1 aliphatic rings. The lowest BCUT2D eigenvalue weighted by Crippen LogP contribution is -2.47. The maximum atomic E-state index is 12.6. The molecule has 0 N–H and O–H groups in total. The highest BCUT2D eigenvalue weighted by Gasteiger charge is 2.21.